The van der Waals surface area contributed by atoms with Gasteiger partial charge in [0.05, 0.1) is 15.6 Å². The van der Waals surface area contributed by atoms with Crippen molar-refractivity contribution in [1.82, 2.24) is 9.29 Å². The van der Waals surface area contributed by atoms with Crippen molar-refractivity contribution in [2.24, 2.45) is 11.1 Å². The summed E-state index contributed by atoms with van der Waals surface area (Å²) >= 11 is 2.81. The fraction of sp³-hybridized carbons (Fsp3) is 0.500. The maximum absolute atomic E-state index is 12.7. The molecule has 0 unspecified atom stereocenters. The molecule has 0 aliphatic carbocycles. The topological polar surface area (TPSA) is 76.3 Å². The van der Waals surface area contributed by atoms with E-state index >= 15 is 0 Å². The summed E-state index contributed by atoms with van der Waals surface area (Å²) in [6.07, 6.45) is 0. The van der Waals surface area contributed by atoms with E-state index in [4.69, 9.17) is 5.73 Å². The van der Waals surface area contributed by atoms with E-state index in [9.17, 15) is 8.42 Å². The summed E-state index contributed by atoms with van der Waals surface area (Å²) in [4.78, 5) is 5.27. The van der Waals surface area contributed by atoms with Crippen LogP contribution in [0.4, 0.5) is 0 Å². The molecule has 8 heteroatoms. The van der Waals surface area contributed by atoms with Crippen LogP contribution in [0.5, 0.6) is 0 Å². The van der Waals surface area contributed by atoms with Crippen molar-refractivity contribution >= 4 is 32.7 Å². The zero-order valence-electron chi connectivity index (χ0n) is 13.2. The zero-order valence-corrected chi connectivity index (χ0v) is 15.6. The molecular weight excluding hydrogens is 338 g/mol. The van der Waals surface area contributed by atoms with Crippen molar-refractivity contribution in [2.45, 2.75) is 25.0 Å². The van der Waals surface area contributed by atoms with Gasteiger partial charge < -0.3 is 5.73 Å². The molecule has 2 heterocycles. The lowest BCUT2D eigenvalue weighted by Gasteiger charge is -2.28. The molecule has 2 rings (SSSR count). The SMILES string of the molecule is Cc1nc(-c2ccc(S(=O)(=O)N(C)CC(C)(C)CN)s2)cs1. The minimum atomic E-state index is -3.49. The standard InChI is InChI=1S/C14H21N3O2S3/c1-10-16-11(7-20-10)12-5-6-13(21-12)22(18,19)17(4)9-14(2,3)8-15/h5-7H,8-9,15H2,1-4H3. The van der Waals surface area contributed by atoms with Crippen LogP contribution in [0.2, 0.25) is 0 Å². The monoisotopic (exact) mass is 359 g/mol. The second-order valence-corrected chi connectivity index (χ2v) is 10.4. The predicted molar refractivity (Wildman–Crippen MR) is 92.8 cm³/mol. The van der Waals surface area contributed by atoms with Crippen molar-refractivity contribution < 1.29 is 8.42 Å². The molecule has 0 aliphatic rings. The van der Waals surface area contributed by atoms with Crippen LogP contribution in [0, 0.1) is 12.3 Å². The molecule has 2 aromatic rings. The molecule has 5 nitrogen and oxygen atoms in total. The van der Waals surface area contributed by atoms with Gasteiger partial charge in [-0.3, -0.25) is 0 Å². The first-order chi connectivity index (χ1) is 10.2. The van der Waals surface area contributed by atoms with Crippen molar-refractivity contribution in [2.75, 3.05) is 20.1 Å². The maximum atomic E-state index is 12.7. The lowest BCUT2D eigenvalue weighted by atomic mass is 9.94. The number of rotatable bonds is 6. The first-order valence-corrected chi connectivity index (χ1v) is 9.98. The molecule has 0 atom stereocenters. The van der Waals surface area contributed by atoms with E-state index in [1.165, 1.54) is 15.6 Å². The van der Waals surface area contributed by atoms with Gasteiger partial charge >= 0.3 is 0 Å². The fourth-order valence-electron chi connectivity index (χ4n) is 1.98. The highest BCUT2D eigenvalue weighted by molar-refractivity contribution is 7.91. The molecule has 2 aromatic heterocycles. The molecule has 2 N–H and O–H groups in total. The van der Waals surface area contributed by atoms with Gasteiger partial charge in [-0.2, -0.15) is 4.31 Å². The smallest absolute Gasteiger partial charge is 0.252 e. The quantitative estimate of drug-likeness (QED) is 0.860. The average molecular weight is 360 g/mol. The third kappa shape index (κ3) is 3.75. The summed E-state index contributed by atoms with van der Waals surface area (Å²) in [6, 6.07) is 3.46. The Hall–Kier alpha value is -0.800. The molecule has 0 saturated carbocycles. The Morgan fingerprint density at radius 3 is 2.59 bits per heavy atom. The first-order valence-electron chi connectivity index (χ1n) is 6.84. The summed E-state index contributed by atoms with van der Waals surface area (Å²) in [5, 5.41) is 2.91. The van der Waals surface area contributed by atoms with Gasteiger partial charge in [-0.05, 0) is 31.0 Å². The molecule has 0 aliphatic heterocycles. The third-order valence-electron chi connectivity index (χ3n) is 3.32. The summed E-state index contributed by atoms with van der Waals surface area (Å²) in [5.41, 5.74) is 6.27. The molecule has 0 amide bonds. The number of aryl methyl sites for hydroxylation is 1. The van der Waals surface area contributed by atoms with Gasteiger partial charge in [0.2, 0.25) is 0 Å². The Morgan fingerprint density at radius 2 is 2.05 bits per heavy atom. The number of thiophene rings is 1. The van der Waals surface area contributed by atoms with E-state index in [2.05, 4.69) is 4.98 Å². The van der Waals surface area contributed by atoms with E-state index in [-0.39, 0.29) is 5.41 Å². The molecule has 22 heavy (non-hydrogen) atoms. The van der Waals surface area contributed by atoms with Crippen molar-refractivity contribution in [1.29, 1.82) is 0 Å². The molecule has 0 aromatic carbocycles. The highest BCUT2D eigenvalue weighted by atomic mass is 32.2. The largest absolute Gasteiger partial charge is 0.330 e. The van der Waals surface area contributed by atoms with Crippen LogP contribution in [0.3, 0.4) is 0 Å². The zero-order chi connectivity index (χ0) is 16.5. The van der Waals surface area contributed by atoms with Crippen LogP contribution in [0.25, 0.3) is 10.6 Å². The second-order valence-electron chi connectivity index (χ2n) is 6.00. The van der Waals surface area contributed by atoms with Gasteiger partial charge in [-0.15, -0.1) is 22.7 Å². The first kappa shape index (κ1) is 17.6. The molecule has 0 saturated heterocycles. The highest BCUT2D eigenvalue weighted by Crippen LogP contribution is 2.33. The van der Waals surface area contributed by atoms with Crippen LogP contribution in [0.15, 0.2) is 21.7 Å². The van der Waals surface area contributed by atoms with Gasteiger partial charge in [0.15, 0.2) is 0 Å². The number of sulfonamides is 1. The van der Waals surface area contributed by atoms with Gasteiger partial charge in [-0.25, -0.2) is 13.4 Å². The highest BCUT2D eigenvalue weighted by Gasteiger charge is 2.28. The predicted octanol–water partition coefficient (Wildman–Crippen LogP) is 2.79. The van der Waals surface area contributed by atoms with E-state index < -0.39 is 10.0 Å². The lowest BCUT2D eigenvalue weighted by Crippen LogP contribution is -2.39. The maximum Gasteiger partial charge on any atom is 0.252 e. The second kappa shape index (κ2) is 6.37. The van der Waals surface area contributed by atoms with E-state index in [0.29, 0.717) is 17.3 Å². The van der Waals surface area contributed by atoms with Crippen molar-refractivity contribution in [3.63, 3.8) is 0 Å². The average Bonchev–Trinajstić information content (AvgIpc) is 3.06. The van der Waals surface area contributed by atoms with Crippen LogP contribution in [-0.2, 0) is 10.0 Å². The fourth-order valence-corrected chi connectivity index (χ4v) is 5.50. The Labute approximate surface area is 139 Å². The van der Waals surface area contributed by atoms with Gasteiger partial charge in [0, 0.05) is 19.0 Å². The summed E-state index contributed by atoms with van der Waals surface area (Å²) in [6.45, 7) is 6.66. The lowest BCUT2D eigenvalue weighted by molar-refractivity contribution is 0.292. The number of hydrogen-bond donors (Lipinski definition) is 1. The Balaban J connectivity index is 2.25. The van der Waals surface area contributed by atoms with E-state index in [0.717, 1.165) is 15.6 Å². The molecule has 122 valence electrons. The van der Waals surface area contributed by atoms with Gasteiger partial charge in [0.25, 0.3) is 10.0 Å². The number of nitrogens with zero attached hydrogens (tertiary/aromatic N) is 2. The number of thiazole rings is 1. The van der Waals surface area contributed by atoms with Crippen LogP contribution >= 0.6 is 22.7 Å². The van der Waals surface area contributed by atoms with Gasteiger partial charge in [0.1, 0.15) is 4.21 Å². The number of aromatic nitrogens is 1. The summed E-state index contributed by atoms with van der Waals surface area (Å²) in [5.74, 6) is 0. The van der Waals surface area contributed by atoms with Gasteiger partial charge in [-0.1, -0.05) is 13.8 Å². The van der Waals surface area contributed by atoms with Crippen LogP contribution in [-0.4, -0.2) is 37.8 Å². The minimum Gasteiger partial charge on any atom is -0.330 e. The molecule has 0 spiro atoms. The Morgan fingerprint density at radius 1 is 1.36 bits per heavy atom. The molecule has 0 bridgehead atoms. The van der Waals surface area contributed by atoms with E-state index in [1.807, 2.05) is 32.2 Å². The van der Waals surface area contributed by atoms with Crippen molar-refractivity contribution in [3.8, 4) is 10.6 Å². The van der Waals surface area contributed by atoms with Crippen molar-refractivity contribution in [3.05, 3.63) is 22.5 Å². The minimum absolute atomic E-state index is 0.256. The Bertz CT molecular complexity index is 747. The number of nitrogens with two attached hydrogens (primary N) is 1. The molecule has 0 radical (unpaired) electrons. The normalized spacial score (nSPS) is 13.0. The number of hydrogen-bond acceptors (Lipinski definition) is 6. The van der Waals surface area contributed by atoms with Crippen LogP contribution < -0.4 is 5.73 Å². The van der Waals surface area contributed by atoms with E-state index in [1.54, 1.807) is 24.5 Å². The third-order valence-corrected chi connectivity index (χ3v) is 7.47. The Kier molecular flexibility index (Phi) is 5.08. The molecular formula is C14H21N3O2S3. The summed E-state index contributed by atoms with van der Waals surface area (Å²) in [7, 11) is -1.89. The molecule has 0 fully saturated rings. The summed E-state index contributed by atoms with van der Waals surface area (Å²) < 4.78 is 27.0. The van der Waals surface area contributed by atoms with Crippen LogP contribution in [0.1, 0.15) is 18.9 Å².